The molecule has 2 heteroatoms. The Kier molecular flexibility index (Phi) is 3.87. The van der Waals surface area contributed by atoms with Gasteiger partial charge in [-0.3, -0.25) is 0 Å². The van der Waals surface area contributed by atoms with E-state index in [0.29, 0.717) is 6.10 Å². The van der Waals surface area contributed by atoms with Gasteiger partial charge in [0.1, 0.15) is 0 Å². The van der Waals surface area contributed by atoms with E-state index in [1.807, 2.05) is 0 Å². The Morgan fingerprint density at radius 2 is 2.18 bits per heavy atom. The van der Waals surface area contributed by atoms with Crippen molar-refractivity contribution in [1.82, 2.24) is 0 Å². The highest BCUT2D eigenvalue weighted by molar-refractivity contribution is 4.66. The molecular weight excluding hydrogens is 140 g/mol. The highest BCUT2D eigenvalue weighted by Gasteiger charge is 2.21. The first kappa shape index (κ1) is 9.01. The predicted molar refractivity (Wildman–Crippen MR) is 44.3 cm³/mol. The first-order chi connectivity index (χ1) is 5.33. The third kappa shape index (κ3) is 3.21. The monoisotopic (exact) mass is 158 g/mol. The Morgan fingerprint density at radius 3 is 2.73 bits per heavy atom. The molecule has 1 fully saturated rings. The standard InChI is InChI=1S/C9H18O2/c1-2-3-4-5-8-6-7-9(10)11-8/h8-10H,2-7H2,1H3. The number of aliphatic hydroxyl groups is 1. The van der Waals surface area contributed by atoms with E-state index >= 15 is 0 Å². The number of hydrogen-bond acceptors (Lipinski definition) is 2. The van der Waals surface area contributed by atoms with Crippen molar-refractivity contribution in [2.75, 3.05) is 0 Å². The van der Waals surface area contributed by atoms with Gasteiger partial charge in [0.05, 0.1) is 6.10 Å². The zero-order chi connectivity index (χ0) is 8.10. The molecule has 1 rings (SSSR count). The van der Waals surface area contributed by atoms with E-state index in [2.05, 4.69) is 6.92 Å². The SMILES string of the molecule is CCCCCC1CCC(O)O1. The van der Waals surface area contributed by atoms with Gasteiger partial charge in [-0.1, -0.05) is 26.2 Å². The van der Waals surface area contributed by atoms with Crippen molar-refractivity contribution in [3.63, 3.8) is 0 Å². The number of rotatable bonds is 4. The van der Waals surface area contributed by atoms with Crippen LogP contribution in [0.2, 0.25) is 0 Å². The molecule has 1 N–H and O–H groups in total. The number of ether oxygens (including phenoxy) is 1. The molecule has 2 nitrogen and oxygen atoms in total. The molecule has 0 aromatic rings. The van der Waals surface area contributed by atoms with E-state index in [-0.39, 0.29) is 0 Å². The van der Waals surface area contributed by atoms with Crippen LogP contribution in [0.25, 0.3) is 0 Å². The Morgan fingerprint density at radius 1 is 1.36 bits per heavy atom. The Bertz CT molecular complexity index is 104. The minimum absolute atomic E-state index is 0.344. The van der Waals surface area contributed by atoms with Gasteiger partial charge in [0, 0.05) is 6.42 Å². The van der Waals surface area contributed by atoms with Gasteiger partial charge in [-0.2, -0.15) is 0 Å². The van der Waals surface area contributed by atoms with Gasteiger partial charge in [-0.25, -0.2) is 0 Å². The van der Waals surface area contributed by atoms with Crippen LogP contribution in [0.1, 0.15) is 45.4 Å². The Hall–Kier alpha value is -0.0800. The zero-order valence-corrected chi connectivity index (χ0v) is 7.25. The van der Waals surface area contributed by atoms with Crippen molar-refractivity contribution in [1.29, 1.82) is 0 Å². The number of unbranched alkanes of at least 4 members (excludes halogenated alkanes) is 2. The maximum atomic E-state index is 9.03. The molecule has 0 radical (unpaired) electrons. The van der Waals surface area contributed by atoms with Gasteiger partial charge >= 0.3 is 0 Å². The van der Waals surface area contributed by atoms with Gasteiger partial charge in [0.25, 0.3) is 0 Å². The van der Waals surface area contributed by atoms with Crippen molar-refractivity contribution in [2.24, 2.45) is 0 Å². The number of hydrogen-bond donors (Lipinski definition) is 1. The highest BCUT2D eigenvalue weighted by Crippen LogP contribution is 2.21. The maximum absolute atomic E-state index is 9.03. The Labute approximate surface area is 68.6 Å². The van der Waals surface area contributed by atoms with Crippen LogP contribution in [-0.2, 0) is 4.74 Å². The lowest BCUT2D eigenvalue weighted by molar-refractivity contribution is -0.0919. The van der Waals surface area contributed by atoms with Crippen molar-refractivity contribution >= 4 is 0 Å². The summed E-state index contributed by atoms with van der Waals surface area (Å²) >= 11 is 0. The zero-order valence-electron chi connectivity index (χ0n) is 7.25. The second-order valence-electron chi connectivity index (χ2n) is 3.29. The first-order valence-electron chi connectivity index (χ1n) is 4.66. The van der Waals surface area contributed by atoms with E-state index in [1.165, 1.54) is 19.3 Å². The van der Waals surface area contributed by atoms with Crippen molar-refractivity contribution in [3.05, 3.63) is 0 Å². The molecule has 0 aliphatic carbocycles. The summed E-state index contributed by atoms with van der Waals surface area (Å²) in [4.78, 5) is 0. The van der Waals surface area contributed by atoms with Gasteiger partial charge < -0.3 is 9.84 Å². The molecule has 66 valence electrons. The molecule has 11 heavy (non-hydrogen) atoms. The van der Waals surface area contributed by atoms with Crippen LogP contribution in [0.5, 0.6) is 0 Å². The average molecular weight is 158 g/mol. The summed E-state index contributed by atoms with van der Waals surface area (Å²) in [5.74, 6) is 0. The topological polar surface area (TPSA) is 29.5 Å². The van der Waals surface area contributed by atoms with Crippen LogP contribution in [0.4, 0.5) is 0 Å². The summed E-state index contributed by atoms with van der Waals surface area (Å²) in [6, 6.07) is 0. The van der Waals surface area contributed by atoms with Crippen LogP contribution >= 0.6 is 0 Å². The lowest BCUT2D eigenvalue weighted by Crippen LogP contribution is -2.09. The van der Waals surface area contributed by atoms with Gasteiger partial charge in [-0.05, 0) is 12.8 Å². The molecule has 2 unspecified atom stereocenters. The van der Waals surface area contributed by atoms with Crippen LogP contribution in [0.3, 0.4) is 0 Å². The van der Waals surface area contributed by atoms with Gasteiger partial charge in [-0.15, -0.1) is 0 Å². The first-order valence-corrected chi connectivity index (χ1v) is 4.66. The van der Waals surface area contributed by atoms with Gasteiger partial charge in [0.2, 0.25) is 0 Å². The van der Waals surface area contributed by atoms with Crippen molar-refractivity contribution in [2.45, 2.75) is 57.8 Å². The van der Waals surface area contributed by atoms with Crippen LogP contribution in [-0.4, -0.2) is 17.5 Å². The third-order valence-electron chi connectivity index (χ3n) is 2.21. The Balaban J connectivity index is 1.99. The summed E-state index contributed by atoms with van der Waals surface area (Å²) in [7, 11) is 0. The molecule has 0 spiro atoms. The smallest absolute Gasteiger partial charge is 0.154 e. The molecule has 0 bridgehead atoms. The maximum Gasteiger partial charge on any atom is 0.154 e. The second kappa shape index (κ2) is 4.73. The van der Waals surface area contributed by atoms with Gasteiger partial charge in [0.15, 0.2) is 6.29 Å². The van der Waals surface area contributed by atoms with Crippen LogP contribution in [0, 0.1) is 0 Å². The van der Waals surface area contributed by atoms with Crippen LogP contribution in [0.15, 0.2) is 0 Å². The summed E-state index contributed by atoms with van der Waals surface area (Å²) in [6.45, 7) is 2.20. The van der Waals surface area contributed by atoms with E-state index < -0.39 is 6.29 Å². The van der Waals surface area contributed by atoms with E-state index in [0.717, 1.165) is 19.3 Å². The summed E-state index contributed by atoms with van der Waals surface area (Å²) in [5, 5.41) is 9.03. The summed E-state index contributed by atoms with van der Waals surface area (Å²) in [6.07, 6.45) is 6.67. The summed E-state index contributed by atoms with van der Waals surface area (Å²) in [5.41, 5.74) is 0. The van der Waals surface area contributed by atoms with E-state index in [1.54, 1.807) is 0 Å². The quantitative estimate of drug-likeness (QED) is 0.635. The van der Waals surface area contributed by atoms with E-state index in [9.17, 15) is 0 Å². The largest absolute Gasteiger partial charge is 0.368 e. The minimum Gasteiger partial charge on any atom is -0.368 e. The molecular formula is C9H18O2. The molecule has 0 saturated carbocycles. The molecule has 0 aromatic heterocycles. The molecule has 1 saturated heterocycles. The number of aliphatic hydroxyl groups excluding tert-OH is 1. The molecule has 1 heterocycles. The van der Waals surface area contributed by atoms with Crippen molar-refractivity contribution in [3.8, 4) is 0 Å². The lowest BCUT2D eigenvalue weighted by Gasteiger charge is -2.08. The normalized spacial score (nSPS) is 31.1. The summed E-state index contributed by atoms with van der Waals surface area (Å²) < 4.78 is 5.26. The molecule has 1 aliphatic heterocycles. The van der Waals surface area contributed by atoms with Crippen molar-refractivity contribution < 1.29 is 9.84 Å². The second-order valence-corrected chi connectivity index (χ2v) is 3.29. The average Bonchev–Trinajstić information content (AvgIpc) is 2.37. The third-order valence-corrected chi connectivity index (χ3v) is 2.21. The lowest BCUT2D eigenvalue weighted by atomic mass is 10.1. The predicted octanol–water partition coefficient (Wildman–Crippen LogP) is 2.06. The fourth-order valence-electron chi connectivity index (χ4n) is 1.52. The van der Waals surface area contributed by atoms with Crippen LogP contribution < -0.4 is 0 Å². The fourth-order valence-corrected chi connectivity index (χ4v) is 1.52. The fraction of sp³-hybridized carbons (Fsp3) is 1.00. The molecule has 0 aromatic carbocycles. The van der Waals surface area contributed by atoms with E-state index in [4.69, 9.17) is 9.84 Å². The molecule has 1 aliphatic rings. The minimum atomic E-state index is -0.471. The highest BCUT2D eigenvalue weighted by atomic mass is 16.6. The molecule has 0 amide bonds. The molecule has 2 atom stereocenters.